The molecule has 0 unspecified atom stereocenters. The summed E-state index contributed by atoms with van der Waals surface area (Å²) in [5.41, 5.74) is 41.2. The van der Waals surface area contributed by atoms with Crippen LogP contribution in [0.25, 0.3) is 177 Å². The molecule has 3 aliphatic carbocycles. The van der Waals surface area contributed by atoms with Crippen LogP contribution >= 0.6 is 0 Å². The van der Waals surface area contributed by atoms with Crippen LogP contribution in [0.5, 0.6) is 0 Å². The van der Waals surface area contributed by atoms with Gasteiger partial charge in [-0.05, 0) is 237 Å². The molecular formula is C120H78N4. The third-order valence-corrected chi connectivity index (χ3v) is 27.0. The van der Waals surface area contributed by atoms with Crippen molar-refractivity contribution in [2.24, 2.45) is 0 Å². The SMILES string of the molecule is c1ccc(-c2cc(-c3ccccc3)cc(-n3ccc4c3ccc3c5ccccc5n(-c5ccc6c(c5)C5(c7ccccc7-c7ccccc75)c5ccccc5-6)c34)c2)cc1.c1ccc(-c2cc(-c3ccccc3)cc(-n3ccc4c3ccc3c5ccccc5n(-c5cccc(-c6ccc7c(c6)C(c6ccccc6)(c6ccccc6)c6ccccc6-7)c5)c34)c2)cc1. The molecule has 1 spiro atoms. The number of benzene rings is 19. The number of nitrogens with zero attached hydrogens (tertiary/aromatic N) is 4. The highest BCUT2D eigenvalue weighted by Gasteiger charge is 2.52. The normalized spacial score (nSPS) is 13.0. The minimum absolute atomic E-state index is 0.410. The van der Waals surface area contributed by atoms with Crippen molar-refractivity contribution in [1.82, 2.24) is 18.3 Å². The summed E-state index contributed by atoms with van der Waals surface area (Å²) in [6.45, 7) is 0. The molecule has 0 fully saturated rings. The molecular weight excluding hydrogens is 1500 g/mol. The molecule has 0 saturated carbocycles. The average molecular weight is 1580 g/mol. The molecule has 0 saturated heterocycles. The first-order valence-corrected chi connectivity index (χ1v) is 43.0. The number of fused-ring (bicyclic) bond motifs is 23. The maximum Gasteiger partial charge on any atom is 0.0726 e. The van der Waals surface area contributed by atoms with Crippen molar-refractivity contribution in [1.29, 1.82) is 0 Å². The summed E-state index contributed by atoms with van der Waals surface area (Å²) in [7, 11) is 0. The van der Waals surface area contributed by atoms with E-state index in [1.165, 1.54) is 205 Å². The highest BCUT2D eigenvalue weighted by atomic mass is 15.0. The van der Waals surface area contributed by atoms with E-state index in [0.717, 1.165) is 17.1 Å². The summed E-state index contributed by atoms with van der Waals surface area (Å²) < 4.78 is 9.74. The van der Waals surface area contributed by atoms with E-state index in [1.54, 1.807) is 0 Å². The Morgan fingerprint density at radius 2 is 0.476 bits per heavy atom. The molecule has 4 aromatic heterocycles. The molecule has 4 heterocycles. The first-order valence-electron chi connectivity index (χ1n) is 43.0. The van der Waals surface area contributed by atoms with Crippen LogP contribution in [0.3, 0.4) is 0 Å². The van der Waals surface area contributed by atoms with E-state index in [-0.39, 0.29) is 0 Å². The first kappa shape index (κ1) is 70.8. The second kappa shape index (κ2) is 28.3. The van der Waals surface area contributed by atoms with Crippen LogP contribution in [0, 0.1) is 0 Å². The van der Waals surface area contributed by atoms with E-state index >= 15 is 0 Å². The van der Waals surface area contributed by atoms with Gasteiger partial charge in [-0.15, -0.1) is 0 Å². The summed E-state index contributed by atoms with van der Waals surface area (Å²) in [5, 5.41) is 7.42. The van der Waals surface area contributed by atoms with Gasteiger partial charge in [0.15, 0.2) is 0 Å². The second-order valence-electron chi connectivity index (χ2n) is 33.3. The fraction of sp³-hybridized carbons (Fsp3) is 0.0167. The molecule has 0 N–H and O–H groups in total. The predicted octanol–water partition coefficient (Wildman–Crippen LogP) is 30.5. The van der Waals surface area contributed by atoms with E-state index in [9.17, 15) is 0 Å². The summed E-state index contributed by atoms with van der Waals surface area (Å²) in [5.74, 6) is 0. The molecule has 3 aliphatic rings. The lowest BCUT2D eigenvalue weighted by molar-refractivity contribution is 0.769. The maximum atomic E-state index is 2.52. The Labute approximate surface area is 719 Å². The third kappa shape index (κ3) is 10.7. The van der Waals surface area contributed by atoms with Crippen LogP contribution in [-0.4, -0.2) is 18.3 Å². The Morgan fingerprint density at radius 1 is 0.153 bits per heavy atom. The number of para-hydroxylation sites is 2. The Kier molecular flexibility index (Phi) is 16.1. The number of aromatic nitrogens is 4. The largest absolute Gasteiger partial charge is 0.316 e. The van der Waals surface area contributed by atoms with Crippen molar-refractivity contribution in [3.63, 3.8) is 0 Å². The van der Waals surface area contributed by atoms with Gasteiger partial charge in [0.2, 0.25) is 0 Å². The van der Waals surface area contributed by atoms with Gasteiger partial charge in [0.05, 0.1) is 43.9 Å². The zero-order valence-electron chi connectivity index (χ0n) is 67.8. The molecule has 19 aromatic carbocycles. The van der Waals surface area contributed by atoms with Gasteiger partial charge in [-0.25, -0.2) is 0 Å². The van der Waals surface area contributed by atoms with E-state index in [1.807, 2.05) is 0 Å². The van der Waals surface area contributed by atoms with E-state index < -0.39 is 10.8 Å². The highest BCUT2D eigenvalue weighted by Crippen LogP contribution is 2.64. The van der Waals surface area contributed by atoms with Crippen molar-refractivity contribution in [2.45, 2.75) is 10.8 Å². The molecule has 0 radical (unpaired) electrons. The van der Waals surface area contributed by atoms with Crippen molar-refractivity contribution >= 4 is 65.4 Å². The summed E-state index contributed by atoms with van der Waals surface area (Å²) >= 11 is 0. The Balaban J connectivity index is 0.000000136. The lowest BCUT2D eigenvalue weighted by atomic mass is 9.67. The van der Waals surface area contributed by atoms with Gasteiger partial charge in [0.25, 0.3) is 0 Å². The lowest BCUT2D eigenvalue weighted by Gasteiger charge is -2.34. The minimum atomic E-state index is -0.462. The van der Waals surface area contributed by atoms with Crippen molar-refractivity contribution in [3.05, 3.63) is 518 Å². The minimum Gasteiger partial charge on any atom is -0.316 e. The van der Waals surface area contributed by atoms with Crippen molar-refractivity contribution < 1.29 is 0 Å². The van der Waals surface area contributed by atoms with Crippen LogP contribution in [0.4, 0.5) is 0 Å². The zero-order valence-corrected chi connectivity index (χ0v) is 67.8. The molecule has 4 heteroatoms. The van der Waals surface area contributed by atoms with Gasteiger partial charge in [-0.1, -0.05) is 358 Å². The maximum absolute atomic E-state index is 2.52. The van der Waals surface area contributed by atoms with Crippen LogP contribution in [-0.2, 0) is 10.8 Å². The molecule has 0 atom stereocenters. The lowest BCUT2D eigenvalue weighted by Crippen LogP contribution is -2.28. The molecule has 4 nitrogen and oxygen atoms in total. The summed E-state index contributed by atoms with van der Waals surface area (Å²) in [4.78, 5) is 0. The highest BCUT2D eigenvalue weighted by molar-refractivity contribution is 6.20. The smallest absolute Gasteiger partial charge is 0.0726 e. The predicted molar refractivity (Wildman–Crippen MR) is 516 cm³/mol. The van der Waals surface area contributed by atoms with Gasteiger partial charge < -0.3 is 18.3 Å². The molecule has 578 valence electrons. The molecule has 0 aliphatic heterocycles. The fourth-order valence-corrected chi connectivity index (χ4v) is 21.7. The van der Waals surface area contributed by atoms with Gasteiger partial charge in [-0.2, -0.15) is 0 Å². The fourth-order valence-electron chi connectivity index (χ4n) is 21.7. The van der Waals surface area contributed by atoms with Crippen LogP contribution in [0.1, 0.15) is 44.5 Å². The molecule has 26 rings (SSSR count). The first-order chi connectivity index (χ1) is 61.5. The number of rotatable bonds is 11. The van der Waals surface area contributed by atoms with Gasteiger partial charge >= 0.3 is 0 Å². The quantitative estimate of drug-likeness (QED) is 0.123. The van der Waals surface area contributed by atoms with Gasteiger partial charge in [0, 0.05) is 67.5 Å². The Hall–Kier alpha value is -16.1. The van der Waals surface area contributed by atoms with Crippen molar-refractivity contribution in [2.75, 3.05) is 0 Å². The van der Waals surface area contributed by atoms with Gasteiger partial charge in [0.1, 0.15) is 0 Å². The standard InChI is InChI=1S/C63H42N2.C57H36N2/c1-5-18-43(19-6-1)47-38-48(44-20-7-2-8-21-44)41-52(40-47)64-37-36-57-60(64)35-34-56-55-29-14-16-31-61(55)65(62(56)57)51-27-17-22-45(39-51)46-32-33-54-53-28-13-15-30-58(53)63(59(54)42-46,49-23-9-3-10-24-49)50-25-11-4-12-26-50;1-3-15-37(16-4-1)39-33-40(38-17-5-2-6-18-38)35-42(34-39)58-32-31-49-54(58)30-29-48-47-22-10-14-26-55(47)59(56(48)49)41-27-28-46-45-21-9-13-25-52(45)57(53(46)36-41)50-23-11-7-19-43(50)44-20-8-12-24-51(44)57/h1-42H;1-36H. The third-order valence-electron chi connectivity index (χ3n) is 27.0. The Bertz CT molecular complexity index is 7990. The van der Waals surface area contributed by atoms with E-state index in [2.05, 4.69) is 492 Å². The van der Waals surface area contributed by atoms with E-state index in [4.69, 9.17) is 0 Å². The topological polar surface area (TPSA) is 19.7 Å². The van der Waals surface area contributed by atoms with Crippen LogP contribution < -0.4 is 0 Å². The van der Waals surface area contributed by atoms with Crippen LogP contribution in [0.15, 0.2) is 473 Å². The number of hydrogen-bond donors (Lipinski definition) is 0. The molecule has 124 heavy (non-hydrogen) atoms. The zero-order chi connectivity index (χ0) is 81.6. The molecule has 0 amide bonds. The second-order valence-corrected chi connectivity index (χ2v) is 33.3. The van der Waals surface area contributed by atoms with Crippen LogP contribution in [0.2, 0.25) is 0 Å². The van der Waals surface area contributed by atoms with Gasteiger partial charge in [-0.3, -0.25) is 0 Å². The summed E-state index contributed by atoms with van der Waals surface area (Å²) in [6, 6.07) is 170. The monoisotopic (exact) mass is 1570 g/mol. The molecule has 0 bridgehead atoms. The van der Waals surface area contributed by atoms with E-state index in [0.29, 0.717) is 0 Å². The Morgan fingerprint density at radius 3 is 0.903 bits per heavy atom. The summed E-state index contributed by atoms with van der Waals surface area (Å²) in [6.07, 6.45) is 4.50. The molecule has 23 aromatic rings. The van der Waals surface area contributed by atoms with Crippen molar-refractivity contribution in [3.8, 4) is 112 Å². The average Bonchev–Trinajstić information content (AvgIpc) is 1.51. The number of hydrogen-bond acceptors (Lipinski definition) is 0.